The fourth-order valence-electron chi connectivity index (χ4n) is 4.15. The molecule has 0 spiro atoms. The highest BCUT2D eigenvalue weighted by molar-refractivity contribution is 5.89. The second kappa shape index (κ2) is 8.91. The molecular weight excluding hydrogens is 364 g/mol. The van der Waals surface area contributed by atoms with Gasteiger partial charge in [-0.15, -0.1) is 12.4 Å². The summed E-state index contributed by atoms with van der Waals surface area (Å²) >= 11 is 0. The molecule has 0 bridgehead atoms. The van der Waals surface area contributed by atoms with E-state index in [-0.39, 0.29) is 29.8 Å². The van der Waals surface area contributed by atoms with Crippen LogP contribution in [0.25, 0.3) is 0 Å². The molecule has 0 radical (unpaired) electrons. The van der Waals surface area contributed by atoms with E-state index in [0.717, 1.165) is 19.5 Å². The number of rotatable bonds is 7. The smallest absolute Gasteiger partial charge is 0.243 e. The summed E-state index contributed by atoms with van der Waals surface area (Å²) in [4.78, 5) is 15.0. The van der Waals surface area contributed by atoms with Gasteiger partial charge >= 0.3 is 0 Å². The van der Waals surface area contributed by atoms with E-state index in [4.69, 9.17) is 15.2 Å². The van der Waals surface area contributed by atoms with Crippen molar-refractivity contribution in [3.8, 4) is 0 Å². The molecular formula is C21H33ClN2O3. The fourth-order valence-corrected chi connectivity index (χ4v) is 4.15. The zero-order valence-electron chi connectivity index (χ0n) is 16.6. The molecule has 5 nitrogen and oxygen atoms in total. The van der Waals surface area contributed by atoms with Crippen LogP contribution in [0.2, 0.25) is 0 Å². The predicted octanol–water partition coefficient (Wildman–Crippen LogP) is 3.01. The molecule has 2 fully saturated rings. The Morgan fingerprint density at radius 3 is 2.63 bits per heavy atom. The third kappa shape index (κ3) is 4.32. The summed E-state index contributed by atoms with van der Waals surface area (Å²) in [5.41, 5.74) is 6.58. The first-order valence-electron chi connectivity index (χ1n) is 9.70. The monoisotopic (exact) mass is 396 g/mol. The Bertz CT molecular complexity index is 625. The Morgan fingerprint density at radius 2 is 2.00 bits per heavy atom. The van der Waals surface area contributed by atoms with Gasteiger partial charge in [-0.3, -0.25) is 4.79 Å². The number of amides is 1. The minimum absolute atomic E-state index is 0. The van der Waals surface area contributed by atoms with Crippen LogP contribution in [0.3, 0.4) is 0 Å². The lowest BCUT2D eigenvalue weighted by molar-refractivity contribution is -0.178. The largest absolute Gasteiger partial charge is 0.378 e. The molecule has 152 valence electrons. The van der Waals surface area contributed by atoms with Crippen LogP contribution in [0.15, 0.2) is 30.3 Å². The van der Waals surface area contributed by atoms with Crippen molar-refractivity contribution in [1.29, 1.82) is 0 Å². The number of halogens is 1. The van der Waals surface area contributed by atoms with Crippen LogP contribution in [0.1, 0.15) is 39.2 Å². The van der Waals surface area contributed by atoms with Crippen molar-refractivity contribution >= 4 is 18.3 Å². The minimum atomic E-state index is -0.813. The second-order valence-corrected chi connectivity index (χ2v) is 8.25. The molecule has 27 heavy (non-hydrogen) atoms. The summed E-state index contributed by atoms with van der Waals surface area (Å²) in [6, 6.07) is 10.2. The first-order valence-corrected chi connectivity index (χ1v) is 9.70. The molecule has 3 unspecified atom stereocenters. The number of hydrogen-bond acceptors (Lipinski definition) is 4. The van der Waals surface area contributed by atoms with Gasteiger partial charge in [0, 0.05) is 37.5 Å². The van der Waals surface area contributed by atoms with Gasteiger partial charge < -0.3 is 20.1 Å². The average molecular weight is 397 g/mol. The Balaban J connectivity index is 0.00000261. The fraction of sp³-hybridized carbons (Fsp3) is 0.667. The second-order valence-electron chi connectivity index (χ2n) is 8.25. The molecule has 1 aliphatic carbocycles. The lowest BCUT2D eigenvalue weighted by atomic mass is 9.54. The van der Waals surface area contributed by atoms with E-state index in [9.17, 15) is 4.79 Å². The summed E-state index contributed by atoms with van der Waals surface area (Å²) in [7, 11) is 0. The van der Waals surface area contributed by atoms with Crippen LogP contribution in [-0.4, -0.2) is 48.8 Å². The molecule has 0 aromatic heterocycles. The summed E-state index contributed by atoms with van der Waals surface area (Å²) in [5, 5.41) is 0. The van der Waals surface area contributed by atoms with Crippen molar-refractivity contribution in [1.82, 2.24) is 4.90 Å². The first-order chi connectivity index (χ1) is 12.4. The van der Waals surface area contributed by atoms with Gasteiger partial charge in [0.25, 0.3) is 0 Å². The topological polar surface area (TPSA) is 64.8 Å². The molecule has 1 aliphatic heterocycles. The zero-order chi connectivity index (χ0) is 18.8. The molecule has 1 aromatic rings. The van der Waals surface area contributed by atoms with E-state index in [2.05, 4.69) is 12.1 Å². The highest BCUT2D eigenvalue weighted by Crippen LogP contribution is 2.50. The third-order valence-electron chi connectivity index (χ3n) is 6.25. The summed E-state index contributed by atoms with van der Waals surface area (Å²) in [5.74, 6) is 0.459. The van der Waals surface area contributed by atoms with Crippen LogP contribution >= 0.6 is 12.4 Å². The van der Waals surface area contributed by atoms with Gasteiger partial charge in [0.2, 0.25) is 5.91 Å². The summed E-state index contributed by atoms with van der Waals surface area (Å²) in [6.45, 7) is 9.54. The van der Waals surface area contributed by atoms with Crippen LogP contribution in [0.5, 0.6) is 0 Å². The molecule has 3 atom stereocenters. The minimum Gasteiger partial charge on any atom is -0.378 e. The van der Waals surface area contributed by atoms with Gasteiger partial charge in [-0.05, 0) is 18.9 Å². The van der Waals surface area contributed by atoms with Gasteiger partial charge in [-0.2, -0.15) is 0 Å². The number of likely N-dealkylation sites (tertiary alicyclic amines) is 1. The van der Waals surface area contributed by atoms with Crippen LogP contribution in [0.4, 0.5) is 0 Å². The molecule has 6 heteroatoms. The van der Waals surface area contributed by atoms with Crippen molar-refractivity contribution in [2.75, 3.05) is 26.3 Å². The third-order valence-corrected chi connectivity index (χ3v) is 6.25. The van der Waals surface area contributed by atoms with E-state index >= 15 is 0 Å². The highest BCUT2D eigenvalue weighted by atomic mass is 35.5. The average Bonchev–Trinajstić information content (AvgIpc) is 3.10. The lowest BCUT2D eigenvalue weighted by Crippen LogP contribution is -2.75. The number of nitrogens with zero attached hydrogens (tertiary/aromatic N) is 1. The van der Waals surface area contributed by atoms with E-state index in [1.807, 2.05) is 43.9 Å². The van der Waals surface area contributed by atoms with Crippen molar-refractivity contribution in [3.63, 3.8) is 0 Å². The number of carbonyl (C=O) groups is 1. The maximum atomic E-state index is 13.1. The lowest BCUT2D eigenvalue weighted by Gasteiger charge is -2.58. The van der Waals surface area contributed by atoms with Crippen LogP contribution < -0.4 is 5.73 Å². The standard InChI is InChI=1S/C21H32N2O3.ClH/c1-4-26-18-12-21(22,20(18,2)3)19(24)23-11-10-17(13-23)15-25-14-16-8-6-5-7-9-16;/h5-9,17-18H,4,10-15,22H2,1-3H3;1H. The molecule has 1 heterocycles. The molecule has 1 saturated carbocycles. The quantitative estimate of drug-likeness (QED) is 0.769. The van der Waals surface area contributed by atoms with Crippen LogP contribution in [-0.2, 0) is 20.9 Å². The number of ether oxygens (including phenoxy) is 2. The SMILES string of the molecule is CCOC1CC(N)(C(=O)N2CCC(COCc3ccccc3)C2)C1(C)C.Cl. The van der Waals surface area contributed by atoms with Crippen molar-refractivity contribution in [3.05, 3.63) is 35.9 Å². The Morgan fingerprint density at radius 1 is 1.30 bits per heavy atom. The highest BCUT2D eigenvalue weighted by Gasteiger charge is 2.64. The molecule has 2 N–H and O–H groups in total. The van der Waals surface area contributed by atoms with Gasteiger partial charge in [0.15, 0.2) is 0 Å². The predicted molar refractivity (Wildman–Crippen MR) is 109 cm³/mol. The number of hydrogen-bond donors (Lipinski definition) is 1. The van der Waals surface area contributed by atoms with Crippen LogP contribution in [0, 0.1) is 11.3 Å². The molecule has 1 amide bonds. The summed E-state index contributed by atoms with van der Waals surface area (Å²) < 4.78 is 11.6. The molecule has 1 saturated heterocycles. The van der Waals surface area contributed by atoms with Gasteiger partial charge in [-0.25, -0.2) is 0 Å². The van der Waals surface area contributed by atoms with Gasteiger partial charge in [-0.1, -0.05) is 44.2 Å². The van der Waals surface area contributed by atoms with E-state index in [1.54, 1.807) is 0 Å². The van der Waals surface area contributed by atoms with Gasteiger partial charge in [0.1, 0.15) is 5.54 Å². The normalized spacial score (nSPS) is 29.1. The Kier molecular flexibility index (Phi) is 7.31. The molecule has 1 aromatic carbocycles. The van der Waals surface area contributed by atoms with E-state index in [0.29, 0.717) is 32.2 Å². The maximum absolute atomic E-state index is 13.1. The maximum Gasteiger partial charge on any atom is 0.243 e. The van der Waals surface area contributed by atoms with Crippen molar-refractivity contribution < 1.29 is 14.3 Å². The van der Waals surface area contributed by atoms with Crippen molar-refractivity contribution in [2.45, 2.75) is 51.9 Å². The number of benzene rings is 1. The number of nitrogens with two attached hydrogens (primary N) is 1. The molecule has 2 aliphatic rings. The zero-order valence-corrected chi connectivity index (χ0v) is 17.5. The summed E-state index contributed by atoms with van der Waals surface area (Å²) in [6.07, 6.45) is 1.65. The number of carbonyl (C=O) groups excluding carboxylic acids is 1. The van der Waals surface area contributed by atoms with Crippen molar-refractivity contribution in [2.24, 2.45) is 17.1 Å². The Labute approximate surface area is 169 Å². The molecule has 3 rings (SSSR count). The first kappa shape index (κ1) is 22.2. The van der Waals surface area contributed by atoms with Gasteiger partial charge in [0.05, 0.1) is 19.3 Å². The Hall–Kier alpha value is -1.14. The van der Waals surface area contributed by atoms with E-state index < -0.39 is 5.54 Å². The van der Waals surface area contributed by atoms with E-state index in [1.165, 1.54) is 5.56 Å².